The molecule has 1 atom stereocenters. The van der Waals surface area contributed by atoms with Gasteiger partial charge in [-0.25, -0.2) is 0 Å². The lowest BCUT2D eigenvalue weighted by molar-refractivity contribution is 0.410. The molecule has 0 aliphatic heterocycles. The predicted molar refractivity (Wildman–Crippen MR) is 40.4 cm³/mol. The predicted octanol–water partition coefficient (Wildman–Crippen LogP) is 1.42. The van der Waals surface area contributed by atoms with Gasteiger partial charge in [-0.15, -0.1) is 0 Å². The second-order valence-electron chi connectivity index (χ2n) is 2.50. The van der Waals surface area contributed by atoms with Gasteiger partial charge in [0.25, 0.3) is 0 Å². The molecule has 10 heavy (non-hydrogen) atoms. The lowest BCUT2D eigenvalue weighted by atomic mass is 9.97. The zero-order chi connectivity index (χ0) is 7.40. The van der Waals surface area contributed by atoms with Crippen molar-refractivity contribution in [3.63, 3.8) is 0 Å². The Kier molecular flexibility index (Phi) is 2.63. The van der Waals surface area contributed by atoms with Crippen LogP contribution >= 0.6 is 0 Å². The molecule has 0 heterocycles. The lowest BCUT2D eigenvalue weighted by Crippen LogP contribution is -2.08. The third kappa shape index (κ3) is 1.67. The number of halogens is 1. The van der Waals surface area contributed by atoms with Gasteiger partial charge in [-0.2, -0.15) is 0 Å². The molecule has 0 aromatic carbocycles. The molecule has 0 aromatic heterocycles. The van der Waals surface area contributed by atoms with Crippen molar-refractivity contribution in [3.8, 4) is 0 Å². The SMILES string of the molecule is NCC1=CC(CF)CC=C1. The molecule has 0 aromatic rings. The van der Waals surface area contributed by atoms with Gasteiger partial charge in [0.1, 0.15) is 0 Å². The summed E-state index contributed by atoms with van der Waals surface area (Å²) in [6.45, 7) is 0.251. The summed E-state index contributed by atoms with van der Waals surface area (Å²) in [6, 6.07) is 0. The van der Waals surface area contributed by atoms with Crippen LogP contribution in [0.4, 0.5) is 4.39 Å². The van der Waals surface area contributed by atoms with Crippen molar-refractivity contribution in [2.24, 2.45) is 11.7 Å². The first-order valence-electron chi connectivity index (χ1n) is 3.50. The van der Waals surface area contributed by atoms with Gasteiger partial charge < -0.3 is 5.73 Å². The highest BCUT2D eigenvalue weighted by Gasteiger charge is 2.06. The molecule has 1 unspecified atom stereocenters. The molecule has 1 aliphatic carbocycles. The molecule has 0 saturated carbocycles. The molecule has 0 amide bonds. The van der Waals surface area contributed by atoms with Crippen molar-refractivity contribution >= 4 is 0 Å². The quantitative estimate of drug-likeness (QED) is 0.618. The summed E-state index contributed by atoms with van der Waals surface area (Å²) in [7, 11) is 0. The Labute approximate surface area is 60.4 Å². The number of hydrogen-bond donors (Lipinski definition) is 1. The van der Waals surface area contributed by atoms with Crippen LogP contribution in [-0.2, 0) is 0 Å². The topological polar surface area (TPSA) is 26.0 Å². The number of alkyl halides is 1. The molecule has 1 aliphatic rings. The van der Waals surface area contributed by atoms with Gasteiger partial charge in [0, 0.05) is 12.5 Å². The van der Waals surface area contributed by atoms with Crippen LogP contribution < -0.4 is 5.73 Å². The lowest BCUT2D eigenvalue weighted by Gasteiger charge is -2.11. The number of hydrogen-bond acceptors (Lipinski definition) is 1. The second kappa shape index (κ2) is 3.52. The summed E-state index contributed by atoms with van der Waals surface area (Å²) in [5.74, 6) is 0.0727. The fourth-order valence-corrected chi connectivity index (χ4v) is 1.06. The first kappa shape index (κ1) is 7.48. The monoisotopic (exact) mass is 141 g/mol. The van der Waals surface area contributed by atoms with Crippen LogP contribution in [0.3, 0.4) is 0 Å². The molecule has 0 radical (unpaired) electrons. The highest BCUT2D eigenvalue weighted by atomic mass is 19.1. The Hall–Kier alpha value is -0.630. The number of allylic oxidation sites excluding steroid dienone is 2. The van der Waals surface area contributed by atoms with Gasteiger partial charge in [-0.05, 0) is 12.0 Å². The Bertz CT molecular complexity index is 161. The van der Waals surface area contributed by atoms with E-state index in [1.54, 1.807) is 0 Å². The van der Waals surface area contributed by atoms with Crippen LogP contribution in [0.5, 0.6) is 0 Å². The van der Waals surface area contributed by atoms with E-state index in [4.69, 9.17) is 5.73 Å². The van der Waals surface area contributed by atoms with Gasteiger partial charge in [0.2, 0.25) is 0 Å². The van der Waals surface area contributed by atoms with E-state index in [9.17, 15) is 4.39 Å². The van der Waals surface area contributed by atoms with E-state index in [0.717, 1.165) is 12.0 Å². The molecule has 0 bridgehead atoms. The van der Waals surface area contributed by atoms with Gasteiger partial charge in [0.15, 0.2) is 0 Å². The number of rotatable bonds is 2. The fourth-order valence-electron chi connectivity index (χ4n) is 1.06. The van der Waals surface area contributed by atoms with Crippen molar-refractivity contribution in [2.75, 3.05) is 13.2 Å². The molecule has 0 saturated heterocycles. The molecule has 2 N–H and O–H groups in total. The van der Waals surface area contributed by atoms with Crippen LogP contribution in [0.25, 0.3) is 0 Å². The smallest absolute Gasteiger partial charge is 0.0960 e. The standard InChI is InChI=1S/C8H12FN/c9-5-7-2-1-3-8(4-7)6-10/h1,3-4,7H,2,5-6,10H2. The minimum Gasteiger partial charge on any atom is -0.327 e. The van der Waals surface area contributed by atoms with Crippen molar-refractivity contribution in [2.45, 2.75) is 6.42 Å². The molecular formula is C8H12FN. The van der Waals surface area contributed by atoms with Crippen LogP contribution in [0.2, 0.25) is 0 Å². The van der Waals surface area contributed by atoms with E-state index >= 15 is 0 Å². The van der Waals surface area contributed by atoms with Gasteiger partial charge in [-0.3, -0.25) is 4.39 Å². The fraction of sp³-hybridized carbons (Fsp3) is 0.500. The Morgan fingerprint density at radius 2 is 2.50 bits per heavy atom. The third-order valence-electron chi connectivity index (χ3n) is 1.65. The molecule has 56 valence electrons. The van der Waals surface area contributed by atoms with Crippen molar-refractivity contribution in [3.05, 3.63) is 23.8 Å². The maximum absolute atomic E-state index is 12.1. The van der Waals surface area contributed by atoms with Crippen molar-refractivity contribution < 1.29 is 4.39 Å². The first-order valence-corrected chi connectivity index (χ1v) is 3.50. The average molecular weight is 141 g/mol. The molecule has 0 spiro atoms. The molecular weight excluding hydrogens is 129 g/mol. The Morgan fingerprint density at radius 1 is 1.70 bits per heavy atom. The third-order valence-corrected chi connectivity index (χ3v) is 1.65. The van der Waals surface area contributed by atoms with Crippen LogP contribution in [-0.4, -0.2) is 13.2 Å². The maximum Gasteiger partial charge on any atom is 0.0960 e. The minimum absolute atomic E-state index is 0.0727. The van der Waals surface area contributed by atoms with Crippen LogP contribution in [0.1, 0.15) is 6.42 Å². The summed E-state index contributed by atoms with van der Waals surface area (Å²) in [5, 5.41) is 0. The van der Waals surface area contributed by atoms with E-state index in [1.807, 2.05) is 18.2 Å². The highest BCUT2D eigenvalue weighted by Crippen LogP contribution is 2.15. The van der Waals surface area contributed by atoms with Crippen LogP contribution in [0.15, 0.2) is 23.8 Å². The summed E-state index contributed by atoms with van der Waals surface area (Å²) < 4.78 is 12.1. The van der Waals surface area contributed by atoms with E-state index in [0.29, 0.717) is 6.54 Å². The number of nitrogens with two attached hydrogens (primary N) is 1. The Balaban J connectivity index is 2.56. The molecule has 1 rings (SSSR count). The summed E-state index contributed by atoms with van der Waals surface area (Å²) in [4.78, 5) is 0. The molecule has 0 fully saturated rings. The van der Waals surface area contributed by atoms with Gasteiger partial charge in [0.05, 0.1) is 6.67 Å². The second-order valence-corrected chi connectivity index (χ2v) is 2.50. The first-order chi connectivity index (χ1) is 4.86. The molecule has 2 heteroatoms. The summed E-state index contributed by atoms with van der Waals surface area (Å²) in [5.41, 5.74) is 6.43. The summed E-state index contributed by atoms with van der Waals surface area (Å²) >= 11 is 0. The summed E-state index contributed by atoms with van der Waals surface area (Å²) in [6.07, 6.45) is 6.68. The van der Waals surface area contributed by atoms with Crippen molar-refractivity contribution in [1.82, 2.24) is 0 Å². The van der Waals surface area contributed by atoms with Gasteiger partial charge >= 0.3 is 0 Å². The average Bonchev–Trinajstić information content (AvgIpc) is 2.05. The van der Waals surface area contributed by atoms with Gasteiger partial charge in [-0.1, -0.05) is 18.2 Å². The largest absolute Gasteiger partial charge is 0.327 e. The zero-order valence-electron chi connectivity index (χ0n) is 5.89. The highest BCUT2D eigenvalue weighted by molar-refractivity contribution is 5.24. The van der Waals surface area contributed by atoms with Crippen LogP contribution in [0, 0.1) is 5.92 Å². The van der Waals surface area contributed by atoms with E-state index in [1.165, 1.54) is 0 Å². The van der Waals surface area contributed by atoms with E-state index < -0.39 is 0 Å². The maximum atomic E-state index is 12.1. The Morgan fingerprint density at radius 3 is 3.10 bits per heavy atom. The normalized spacial score (nSPS) is 24.6. The van der Waals surface area contributed by atoms with Crippen molar-refractivity contribution in [1.29, 1.82) is 0 Å². The molecule has 1 nitrogen and oxygen atoms in total. The van der Waals surface area contributed by atoms with E-state index in [-0.39, 0.29) is 12.6 Å². The zero-order valence-corrected chi connectivity index (χ0v) is 5.89. The minimum atomic E-state index is -0.270. The van der Waals surface area contributed by atoms with E-state index in [2.05, 4.69) is 0 Å².